The Labute approximate surface area is 200 Å². The Morgan fingerprint density at radius 3 is 2.68 bits per heavy atom. The van der Waals surface area contributed by atoms with E-state index in [0.29, 0.717) is 28.3 Å². The van der Waals surface area contributed by atoms with Gasteiger partial charge < -0.3 is 4.74 Å². The summed E-state index contributed by atoms with van der Waals surface area (Å²) in [5.74, 6) is 1.11. The van der Waals surface area contributed by atoms with Crippen LogP contribution in [-0.2, 0) is 11.4 Å². The van der Waals surface area contributed by atoms with E-state index >= 15 is 0 Å². The molecule has 0 N–H and O–H groups in total. The summed E-state index contributed by atoms with van der Waals surface area (Å²) in [5, 5.41) is 2.40. The van der Waals surface area contributed by atoms with Crippen molar-refractivity contribution in [3.05, 3.63) is 81.2 Å². The molecule has 31 heavy (non-hydrogen) atoms. The van der Waals surface area contributed by atoms with E-state index in [2.05, 4.69) is 60.1 Å². The largest absolute Gasteiger partial charge is 0.488 e. The fraction of sp³-hybridized carbons (Fsp3) is 0.200. The molecule has 1 aliphatic heterocycles. The molecule has 0 spiro atoms. The average Bonchev–Trinajstić information content (AvgIpc) is 3.00. The third kappa shape index (κ3) is 5.03. The molecule has 0 aromatic heterocycles. The number of carbonyl (C=O) groups excluding carboxylic acids is 1. The second-order valence-corrected chi connectivity index (χ2v) is 10.3. The first-order chi connectivity index (χ1) is 14.9. The standard InChI is InChI=1S/C25H22BrNO2S2/c1-16(2)14-27-24(28)23(31-25(27)30)13-17-10-11-22(21(26)12-17)29-15-19-8-5-7-18-6-3-4-9-20(18)19/h3-13,16H,14-15H2,1-2H3/b23-13-. The van der Waals surface area contributed by atoms with Crippen LogP contribution in [0.5, 0.6) is 5.75 Å². The Kier molecular flexibility index (Phi) is 6.80. The summed E-state index contributed by atoms with van der Waals surface area (Å²) < 4.78 is 7.56. The van der Waals surface area contributed by atoms with Crippen LogP contribution in [-0.4, -0.2) is 21.7 Å². The first-order valence-electron chi connectivity index (χ1n) is 10.1. The maximum atomic E-state index is 12.7. The predicted molar refractivity (Wildman–Crippen MR) is 137 cm³/mol. The molecule has 0 atom stereocenters. The van der Waals surface area contributed by atoms with Crippen LogP contribution >= 0.6 is 39.9 Å². The summed E-state index contributed by atoms with van der Waals surface area (Å²) in [7, 11) is 0. The van der Waals surface area contributed by atoms with Crippen molar-refractivity contribution < 1.29 is 9.53 Å². The van der Waals surface area contributed by atoms with E-state index in [9.17, 15) is 4.79 Å². The number of fused-ring (bicyclic) bond motifs is 1. The number of benzene rings is 3. The maximum Gasteiger partial charge on any atom is 0.266 e. The molecule has 3 aromatic carbocycles. The van der Waals surface area contributed by atoms with Crippen molar-refractivity contribution in [2.75, 3.05) is 6.54 Å². The van der Waals surface area contributed by atoms with Crippen molar-refractivity contribution >= 4 is 67.0 Å². The number of nitrogens with zero attached hydrogens (tertiary/aromatic N) is 1. The molecule has 1 fully saturated rings. The van der Waals surface area contributed by atoms with E-state index in [1.807, 2.05) is 36.4 Å². The third-order valence-electron chi connectivity index (χ3n) is 4.94. The number of hydrogen-bond donors (Lipinski definition) is 0. The number of carbonyl (C=O) groups is 1. The Hall–Kier alpha value is -2.15. The number of rotatable bonds is 6. The van der Waals surface area contributed by atoms with Crippen LogP contribution in [0, 0.1) is 5.92 Å². The second kappa shape index (κ2) is 9.55. The van der Waals surface area contributed by atoms with Gasteiger partial charge in [-0.15, -0.1) is 0 Å². The fourth-order valence-electron chi connectivity index (χ4n) is 3.47. The lowest BCUT2D eigenvalue weighted by atomic mass is 10.1. The first kappa shape index (κ1) is 22.1. The van der Waals surface area contributed by atoms with Crippen LogP contribution in [0.25, 0.3) is 16.8 Å². The van der Waals surface area contributed by atoms with Crippen LogP contribution in [0.2, 0.25) is 0 Å². The molecule has 0 unspecified atom stereocenters. The summed E-state index contributed by atoms with van der Waals surface area (Å²) in [6.07, 6.45) is 1.89. The molecule has 0 radical (unpaired) electrons. The fourth-order valence-corrected chi connectivity index (χ4v) is 5.26. The molecule has 1 amide bonds. The van der Waals surface area contributed by atoms with Crippen molar-refractivity contribution in [3.63, 3.8) is 0 Å². The van der Waals surface area contributed by atoms with Gasteiger partial charge in [0.2, 0.25) is 0 Å². The minimum absolute atomic E-state index is 0.0175. The van der Waals surface area contributed by atoms with E-state index < -0.39 is 0 Å². The SMILES string of the molecule is CC(C)CN1C(=O)/C(=C/c2ccc(OCc3cccc4ccccc34)c(Br)c2)SC1=S. The van der Waals surface area contributed by atoms with Crippen LogP contribution in [0.15, 0.2) is 70.0 Å². The van der Waals surface area contributed by atoms with Gasteiger partial charge >= 0.3 is 0 Å². The molecule has 4 rings (SSSR count). The van der Waals surface area contributed by atoms with E-state index in [0.717, 1.165) is 21.3 Å². The van der Waals surface area contributed by atoms with Gasteiger partial charge in [-0.25, -0.2) is 0 Å². The zero-order valence-corrected chi connectivity index (χ0v) is 20.5. The van der Waals surface area contributed by atoms with Gasteiger partial charge in [0.25, 0.3) is 5.91 Å². The average molecular weight is 512 g/mol. The van der Waals surface area contributed by atoms with Gasteiger partial charge in [-0.1, -0.05) is 86.4 Å². The number of thiocarbonyl (C=S) groups is 1. The lowest BCUT2D eigenvalue weighted by Gasteiger charge is -2.16. The topological polar surface area (TPSA) is 29.5 Å². The highest BCUT2D eigenvalue weighted by atomic mass is 79.9. The quantitative estimate of drug-likeness (QED) is 0.262. The lowest BCUT2D eigenvalue weighted by molar-refractivity contribution is -0.122. The Bertz CT molecular complexity index is 1180. The third-order valence-corrected chi connectivity index (χ3v) is 6.94. The highest BCUT2D eigenvalue weighted by Crippen LogP contribution is 2.34. The van der Waals surface area contributed by atoms with Crippen LogP contribution in [0.1, 0.15) is 25.0 Å². The molecular weight excluding hydrogens is 490 g/mol. The van der Waals surface area contributed by atoms with Crippen molar-refractivity contribution in [2.45, 2.75) is 20.5 Å². The van der Waals surface area contributed by atoms with E-state index in [1.54, 1.807) is 4.90 Å². The van der Waals surface area contributed by atoms with Gasteiger partial charge in [0.05, 0.1) is 9.38 Å². The predicted octanol–water partition coefficient (Wildman–Crippen LogP) is 7.04. The molecule has 1 aliphatic rings. The molecule has 0 saturated carbocycles. The van der Waals surface area contributed by atoms with Crippen molar-refractivity contribution in [1.29, 1.82) is 0 Å². The van der Waals surface area contributed by atoms with E-state index in [4.69, 9.17) is 17.0 Å². The van der Waals surface area contributed by atoms with Crippen molar-refractivity contribution in [2.24, 2.45) is 5.92 Å². The molecule has 3 aromatic rings. The number of halogens is 1. The summed E-state index contributed by atoms with van der Waals surface area (Å²) in [5.41, 5.74) is 2.07. The summed E-state index contributed by atoms with van der Waals surface area (Å²) >= 11 is 10.4. The van der Waals surface area contributed by atoms with E-state index in [-0.39, 0.29) is 5.91 Å². The normalized spacial score (nSPS) is 15.5. The van der Waals surface area contributed by atoms with E-state index in [1.165, 1.54) is 22.5 Å². The lowest BCUT2D eigenvalue weighted by Crippen LogP contribution is -2.31. The van der Waals surface area contributed by atoms with Crippen molar-refractivity contribution in [1.82, 2.24) is 4.90 Å². The molecule has 158 valence electrons. The smallest absolute Gasteiger partial charge is 0.266 e. The van der Waals surface area contributed by atoms with Gasteiger partial charge in [-0.2, -0.15) is 0 Å². The van der Waals surface area contributed by atoms with Gasteiger partial charge in [0, 0.05) is 6.54 Å². The summed E-state index contributed by atoms with van der Waals surface area (Å²) in [6.45, 7) is 5.28. The Morgan fingerprint density at radius 1 is 1.13 bits per heavy atom. The molecule has 0 bridgehead atoms. The minimum atomic E-state index is -0.0175. The van der Waals surface area contributed by atoms with Gasteiger partial charge in [-0.05, 0) is 62.0 Å². The number of thioether (sulfide) groups is 1. The van der Waals surface area contributed by atoms with Crippen molar-refractivity contribution in [3.8, 4) is 5.75 Å². The van der Waals surface area contributed by atoms with Crippen LogP contribution < -0.4 is 4.74 Å². The molecule has 1 heterocycles. The zero-order valence-electron chi connectivity index (χ0n) is 17.3. The zero-order chi connectivity index (χ0) is 22.0. The molecular formula is C25H22BrNO2S2. The number of hydrogen-bond acceptors (Lipinski definition) is 4. The Morgan fingerprint density at radius 2 is 1.90 bits per heavy atom. The minimum Gasteiger partial charge on any atom is -0.488 e. The second-order valence-electron chi connectivity index (χ2n) is 7.80. The number of amides is 1. The van der Waals surface area contributed by atoms with Gasteiger partial charge in [-0.3, -0.25) is 9.69 Å². The monoisotopic (exact) mass is 511 g/mol. The van der Waals surface area contributed by atoms with Crippen LogP contribution in [0.4, 0.5) is 0 Å². The molecule has 1 saturated heterocycles. The maximum absolute atomic E-state index is 12.7. The van der Waals surface area contributed by atoms with Gasteiger partial charge in [0.1, 0.15) is 16.7 Å². The highest BCUT2D eigenvalue weighted by molar-refractivity contribution is 9.10. The van der Waals surface area contributed by atoms with Crippen LogP contribution in [0.3, 0.4) is 0 Å². The first-order valence-corrected chi connectivity index (χ1v) is 12.1. The highest BCUT2D eigenvalue weighted by Gasteiger charge is 2.32. The molecule has 0 aliphatic carbocycles. The molecule has 6 heteroatoms. The number of ether oxygens (including phenoxy) is 1. The summed E-state index contributed by atoms with van der Waals surface area (Å²) in [4.78, 5) is 15.0. The molecule has 3 nitrogen and oxygen atoms in total. The Balaban J connectivity index is 1.49. The van der Waals surface area contributed by atoms with Gasteiger partial charge in [0.15, 0.2) is 0 Å². The summed E-state index contributed by atoms with van der Waals surface area (Å²) in [6, 6.07) is 20.4.